The third-order valence-electron chi connectivity index (χ3n) is 3.66. The van der Waals surface area contributed by atoms with Gasteiger partial charge in [0.05, 0.1) is 16.0 Å². The molecule has 0 bridgehead atoms. The fraction of sp³-hybridized carbons (Fsp3) is 0.222. The zero-order valence-electron chi connectivity index (χ0n) is 13.9. The third kappa shape index (κ3) is 4.43. The Bertz CT molecular complexity index is 1030. The van der Waals surface area contributed by atoms with E-state index in [1.807, 2.05) is 32.0 Å². The van der Waals surface area contributed by atoms with Crippen LogP contribution in [0, 0.1) is 13.8 Å². The second-order valence-corrected chi connectivity index (χ2v) is 9.11. The number of nitrogens with one attached hydrogen (secondary N) is 1. The fourth-order valence-corrected chi connectivity index (χ4v) is 4.99. The predicted molar refractivity (Wildman–Crippen MR) is 102 cm³/mol. The van der Waals surface area contributed by atoms with Gasteiger partial charge in [0.2, 0.25) is 5.91 Å². The van der Waals surface area contributed by atoms with Gasteiger partial charge >= 0.3 is 0 Å². The molecule has 25 heavy (non-hydrogen) atoms. The van der Waals surface area contributed by atoms with E-state index in [4.69, 9.17) is 0 Å². The van der Waals surface area contributed by atoms with E-state index < -0.39 is 21.5 Å². The number of hydrogen-bond donors (Lipinski definition) is 1. The summed E-state index contributed by atoms with van der Waals surface area (Å²) >= 11 is 1.35. The SMILES string of the molecule is Cc1cc(C)c2nc(NC(=O)CS(=O)(=O)Cc3ccccc3)sc2c1. The molecule has 0 spiro atoms. The highest BCUT2D eigenvalue weighted by molar-refractivity contribution is 7.91. The van der Waals surface area contributed by atoms with Gasteiger partial charge in [-0.3, -0.25) is 4.79 Å². The lowest BCUT2D eigenvalue weighted by Gasteiger charge is -2.04. The predicted octanol–water partition coefficient (Wildman–Crippen LogP) is 3.47. The third-order valence-corrected chi connectivity index (χ3v) is 6.05. The highest BCUT2D eigenvalue weighted by atomic mass is 32.2. The number of amides is 1. The van der Waals surface area contributed by atoms with Crippen LogP contribution in [0.1, 0.15) is 16.7 Å². The van der Waals surface area contributed by atoms with Crippen LogP contribution in [0.25, 0.3) is 10.2 Å². The molecule has 1 aromatic heterocycles. The summed E-state index contributed by atoms with van der Waals surface area (Å²) in [5.74, 6) is -1.28. The number of anilines is 1. The van der Waals surface area contributed by atoms with E-state index in [2.05, 4.69) is 10.3 Å². The Labute approximate surface area is 150 Å². The molecule has 5 nitrogen and oxygen atoms in total. The first-order valence-corrected chi connectivity index (χ1v) is 10.4. The summed E-state index contributed by atoms with van der Waals surface area (Å²) in [5.41, 5.74) is 3.65. The molecule has 7 heteroatoms. The summed E-state index contributed by atoms with van der Waals surface area (Å²) in [4.78, 5) is 16.5. The molecule has 1 amide bonds. The number of aryl methyl sites for hydroxylation is 2. The van der Waals surface area contributed by atoms with Gasteiger partial charge in [-0.25, -0.2) is 13.4 Å². The van der Waals surface area contributed by atoms with Gasteiger partial charge in [0, 0.05) is 0 Å². The zero-order chi connectivity index (χ0) is 18.0. The molecule has 1 heterocycles. The van der Waals surface area contributed by atoms with E-state index in [0.29, 0.717) is 10.7 Å². The number of thiazole rings is 1. The lowest BCUT2D eigenvalue weighted by atomic mass is 10.1. The van der Waals surface area contributed by atoms with E-state index >= 15 is 0 Å². The number of hydrogen-bond acceptors (Lipinski definition) is 5. The van der Waals surface area contributed by atoms with Crippen molar-refractivity contribution in [3.63, 3.8) is 0 Å². The quantitative estimate of drug-likeness (QED) is 0.742. The number of aromatic nitrogens is 1. The smallest absolute Gasteiger partial charge is 0.241 e. The maximum atomic E-state index is 12.2. The van der Waals surface area contributed by atoms with Crippen LogP contribution in [-0.4, -0.2) is 25.1 Å². The summed E-state index contributed by atoms with van der Waals surface area (Å²) < 4.78 is 25.4. The van der Waals surface area contributed by atoms with Crippen LogP contribution in [-0.2, 0) is 20.4 Å². The molecule has 2 aromatic carbocycles. The van der Waals surface area contributed by atoms with Crippen molar-refractivity contribution in [1.29, 1.82) is 0 Å². The van der Waals surface area contributed by atoms with Crippen LogP contribution >= 0.6 is 11.3 Å². The molecule has 0 saturated heterocycles. The first-order chi connectivity index (χ1) is 11.8. The minimum Gasteiger partial charge on any atom is -0.301 e. The molecule has 0 unspecified atom stereocenters. The second-order valence-electron chi connectivity index (χ2n) is 6.01. The van der Waals surface area contributed by atoms with Gasteiger partial charge in [0.1, 0.15) is 5.75 Å². The van der Waals surface area contributed by atoms with Crippen LogP contribution in [0.4, 0.5) is 5.13 Å². The average molecular weight is 374 g/mol. The molecule has 130 valence electrons. The number of carbonyl (C=O) groups is 1. The first-order valence-electron chi connectivity index (χ1n) is 7.74. The number of carbonyl (C=O) groups excluding carboxylic acids is 1. The topological polar surface area (TPSA) is 76.1 Å². The van der Waals surface area contributed by atoms with Gasteiger partial charge in [-0.15, -0.1) is 0 Å². The second kappa shape index (κ2) is 6.93. The van der Waals surface area contributed by atoms with Gasteiger partial charge in [-0.2, -0.15) is 0 Å². The summed E-state index contributed by atoms with van der Waals surface area (Å²) in [6, 6.07) is 12.9. The molecular weight excluding hydrogens is 356 g/mol. The number of nitrogens with zero attached hydrogens (tertiary/aromatic N) is 1. The van der Waals surface area contributed by atoms with Crippen LogP contribution < -0.4 is 5.32 Å². The Morgan fingerprint density at radius 1 is 1.16 bits per heavy atom. The maximum Gasteiger partial charge on any atom is 0.241 e. The number of benzene rings is 2. The number of fused-ring (bicyclic) bond motifs is 1. The van der Waals surface area contributed by atoms with Gasteiger partial charge in [0.15, 0.2) is 15.0 Å². The van der Waals surface area contributed by atoms with Gasteiger partial charge < -0.3 is 5.32 Å². The lowest BCUT2D eigenvalue weighted by Crippen LogP contribution is -2.23. The maximum absolute atomic E-state index is 12.2. The van der Waals surface area contributed by atoms with Crippen LogP contribution in [0.3, 0.4) is 0 Å². The minimum absolute atomic E-state index is 0.153. The Morgan fingerprint density at radius 2 is 1.88 bits per heavy atom. The normalized spacial score (nSPS) is 11.6. The minimum atomic E-state index is -3.53. The Balaban J connectivity index is 1.71. The average Bonchev–Trinajstić information content (AvgIpc) is 2.89. The standard InChI is InChI=1S/C18H18N2O3S2/c1-12-8-13(2)17-15(9-12)24-18(20-17)19-16(21)11-25(22,23)10-14-6-4-3-5-7-14/h3-9H,10-11H2,1-2H3,(H,19,20,21). The monoisotopic (exact) mass is 374 g/mol. The highest BCUT2D eigenvalue weighted by Gasteiger charge is 2.19. The molecule has 0 fully saturated rings. The lowest BCUT2D eigenvalue weighted by molar-refractivity contribution is -0.113. The van der Waals surface area contributed by atoms with Crippen molar-refractivity contribution >= 4 is 42.4 Å². The van der Waals surface area contributed by atoms with Gasteiger partial charge in [-0.1, -0.05) is 47.7 Å². The zero-order valence-corrected chi connectivity index (χ0v) is 15.6. The van der Waals surface area contributed by atoms with Crippen molar-refractivity contribution in [3.05, 3.63) is 59.2 Å². The molecule has 1 N–H and O–H groups in total. The molecule has 0 saturated carbocycles. The molecule has 0 radical (unpaired) electrons. The van der Waals surface area contributed by atoms with E-state index in [1.54, 1.807) is 24.3 Å². The largest absolute Gasteiger partial charge is 0.301 e. The van der Waals surface area contributed by atoms with E-state index in [9.17, 15) is 13.2 Å². The molecule has 0 atom stereocenters. The van der Waals surface area contributed by atoms with Crippen LogP contribution in [0.2, 0.25) is 0 Å². The highest BCUT2D eigenvalue weighted by Crippen LogP contribution is 2.29. The summed E-state index contributed by atoms with van der Waals surface area (Å²) in [6.45, 7) is 3.96. The number of sulfone groups is 1. The Hall–Kier alpha value is -2.25. The Morgan fingerprint density at radius 3 is 2.60 bits per heavy atom. The Kier molecular flexibility index (Phi) is 4.87. The van der Waals surface area contributed by atoms with Crippen LogP contribution in [0.5, 0.6) is 0 Å². The van der Waals surface area contributed by atoms with Crippen molar-refractivity contribution in [3.8, 4) is 0 Å². The van der Waals surface area contributed by atoms with Crippen molar-refractivity contribution in [2.75, 3.05) is 11.1 Å². The molecule has 3 aromatic rings. The molecule has 0 aliphatic rings. The number of rotatable bonds is 5. The summed E-state index contributed by atoms with van der Waals surface area (Å²) in [5, 5.41) is 3.03. The van der Waals surface area contributed by atoms with Crippen LogP contribution in [0.15, 0.2) is 42.5 Å². The fourth-order valence-electron chi connectivity index (χ4n) is 2.66. The van der Waals surface area contributed by atoms with Crippen molar-refractivity contribution < 1.29 is 13.2 Å². The molecular formula is C18H18N2O3S2. The van der Waals surface area contributed by atoms with Gasteiger partial charge in [-0.05, 0) is 36.6 Å². The molecule has 3 rings (SSSR count). The van der Waals surface area contributed by atoms with Gasteiger partial charge in [0.25, 0.3) is 0 Å². The molecule has 0 aliphatic heterocycles. The van der Waals surface area contributed by atoms with Crippen molar-refractivity contribution in [2.45, 2.75) is 19.6 Å². The van der Waals surface area contributed by atoms with E-state index in [1.165, 1.54) is 11.3 Å². The summed E-state index contributed by atoms with van der Waals surface area (Å²) in [6.07, 6.45) is 0. The van der Waals surface area contributed by atoms with Crippen molar-refractivity contribution in [1.82, 2.24) is 4.98 Å². The molecule has 0 aliphatic carbocycles. The van der Waals surface area contributed by atoms with E-state index in [-0.39, 0.29) is 5.75 Å². The summed E-state index contributed by atoms with van der Waals surface area (Å²) in [7, 11) is -3.53. The van der Waals surface area contributed by atoms with E-state index in [0.717, 1.165) is 21.3 Å². The first kappa shape index (κ1) is 17.6. The van der Waals surface area contributed by atoms with Crippen molar-refractivity contribution in [2.24, 2.45) is 0 Å².